The van der Waals surface area contributed by atoms with E-state index in [9.17, 15) is 23.3 Å². The van der Waals surface area contributed by atoms with E-state index in [0.29, 0.717) is 0 Å². The molecule has 8 heteroatoms. The molecule has 4 rings (SSSR count). The van der Waals surface area contributed by atoms with Gasteiger partial charge in [0, 0.05) is 12.1 Å². The van der Waals surface area contributed by atoms with Gasteiger partial charge in [0.15, 0.2) is 0 Å². The Balaban J connectivity index is 1.74. The number of hydrogen-bond acceptors (Lipinski definition) is 5. The SMILES string of the molecule is CC1C(=O)N(S(=O)(=O)c2ccc([N+](=O)[O-])cc2)[C@H]1c1ccc2ccccc2c1. The number of benzene rings is 3. The van der Waals surface area contributed by atoms with Gasteiger partial charge in [0.1, 0.15) is 0 Å². The Bertz CT molecular complexity index is 1200. The topological polar surface area (TPSA) is 97.6 Å². The van der Waals surface area contributed by atoms with Crippen LogP contribution in [0.4, 0.5) is 5.69 Å². The summed E-state index contributed by atoms with van der Waals surface area (Å²) < 4.78 is 26.9. The Labute approximate surface area is 161 Å². The molecular formula is C20H16N2O5S. The van der Waals surface area contributed by atoms with E-state index < -0.39 is 32.8 Å². The Morgan fingerprint density at radius 2 is 1.61 bits per heavy atom. The van der Waals surface area contributed by atoms with Gasteiger partial charge in [0.2, 0.25) is 5.91 Å². The van der Waals surface area contributed by atoms with Crippen LogP contribution in [0.1, 0.15) is 18.5 Å². The fraction of sp³-hybridized carbons (Fsp3) is 0.150. The summed E-state index contributed by atoms with van der Waals surface area (Å²) >= 11 is 0. The molecule has 1 aliphatic rings. The number of β-lactam (4-membered cyclic amide) rings is 1. The molecule has 0 aliphatic carbocycles. The summed E-state index contributed by atoms with van der Waals surface area (Å²) in [5, 5.41) is 12.8. The van der Waals surface area contributed by atoms with Crippen molar-refractivity contribution in [3.63, 3.8) is 0 Å². The lowest BCUT2D eigenvalue weighted by molar-refractivity contribution is -0.384. The van der Waals surface area contributed by atoms with Crippen LogP contribution in [0, 0.1) is 16.0 Å². The number of sulfonamides is 1. The van der Waals surface area contributed by atoms with Gasteiger partial charge in [-0.1, -0.05) is 43.3 Å². The molecule has 0 aromatic heterocycles. The monoisotopic (exact) mass is 396 g/mol. The molecule has 1 amide bonds. The van der Waals surface area contributed by atoms with E-state index in [0.717, 1.165) is 44.9 Å². The number of nitro groups is 1. The maximum atomic E-state index is 13.0. The minimum absolute atomic E-state index is 0.149. The zero-order chi connectivity index (χ0) is 20.1. The number of rotatable bonds is 4. The third kappa shape index (κ3) is 2.73. The summed E-state index contributed by atoms with van der Waals surface area (Å²) in [4.78, 5) is 22.5. The van der Waals surface area contributed by atoms with E-state index in [4.69, 9.17) is 0 Å². The Morgan fingerprint density at radius 3 is 2.25 bits per heavy atom. The third-order valence-corrected chi connectivity index (χ3v) is 6.85. The number of non-ortho nitro benzene ring substituents is 1. The molecule has 2 atom stereocenters. The van der Waals surface area contributed by atoms with Crippen LogP contribution in [-0.2, 0) is 14.8 Å². The molecule has 1 aliphatic heterocycles. The standard InChI is InChI=1S/C20H16N2O5S/c1-13-19(16-7-6-14-4-2-3-5-15(14)12-16)21(20(13)23)28(26,27)18-10-8-17(9-11-18)22(24)25/h2-13,19H,1H3/t13?,19-/m1/s1. The van der Waals surface area contributed by atoms with Crippen molar-refractivity contribution >= 4 is 32.4 Å². The van der Waals surface area contributed by atoms with Crippen LogP contribution in [0.25, 0.3) is 10.8 Å². The van der Waals surface area contributed by atoms with Crippen molar-refractivity contribution in [2.75, 3.05) is 0 Å². The molecule has 1 heterocycles. The van der Waals surface area contributed by atoms with Gasteiger partial charge in [-0.2, -0.15) is 0 Å². The molecule has 0 spiro atoms. The molecule has 1 fully saturated rings. The second-order valence-corrected chi connectivity index (χ2v) is 8.55. The van der Waals surface area contributed by atoms with Crippen molar-refractivity contribution in [3.8, 4) is 0 Å². The van der Waals surface area contributed by atoms with Crippen LogP contribution in [0.15, 0.2) is 71.6 Å². The van der Waals surface area contributed by atoms with Crippen molar-refractivity contribution in [3.05, 3.63) is 82.4 Å². The lowest BCUT2D eigenvalue weighted by Gasteiger charge is -2.44. The van der Waals surface area contributed by atoms with E-state index in [-0.39, 0.29) is 10.6 Å². The molecule has 0 saturated carbocycles. The van der Waals surface area contributed by atoms with Gasteiger partial charge >= 0.3 is 0 Å². The Kier molecular flexibility index (Phi) is 4.15. The number of fused-ring (bicyclic) bond motifs is 1. The Hall–Kier alpha value is -3.26. The molecule has 0 radical (unpaired) electrons. The molecule has 0 N–H and O–H groups in total. The van der Waals surface area contributed by atoms with E-state index in [1.54, 1.807) is 6.92 Å². The van der Waals surface area contributed by atoms with Crippen molar-refractivity contribution < 1.29 is 18.1 Å². The minimum Gasteiger partial charge on any atom is -0.273 e. The third-order valence-electron chi connectivity index (χ3n) is 5.05. The summed E-state index contributed by atoms with van der Waals surface area (Å²) in [5.74, 6) is -0.967. The predicted molar refractivity (Wildman–Crippen MR) is 103 cm³/mol. The molecule has 1 unspecified atom stereocenters. The molecule has 28 heavy (non-hydrogen) atoms. The second-order valence-electron chi connectivity index (χ2n) is 6.73. The van der Waals surface area contributed by atoms with Gasteiger partial charge in [0.25, 0.3) is 15.7 Å². The number of hydrogen-bond donors (Lipinski definition) is 0. The van der Waals surface area contributed by atoms with Gasteiger partial charge in [-0.15, -0.1) is 0 Å². The molecule has 3 aromatic carbocycles. The van der Waals surface area contributed by atoms with Gasteiger partial charge in [-0.3, -0.25) is 14.9 Å². The summed E-state index contributed by atoms with van der Waals surface area (Å²) in [6.07, 6.45) is 0. The predicted octanol–water partition coefficient (Wildman–Crippen LogP) is 3.66. The number of nitrogens with zero attached hydrogens (tertiary/aromatic N) is 2. The Morgan fingerprint density at radius 1 is 0.964 bits per heavy atom. The first-order valence-electron chi connectivity index (χ1n) is 8.62. The zero-order valence-electron chi connectivity index (χ0n) is 14.8. The first kappa shape index (κ1) is 18.1. The first-order valence-corrected chi connectivity index (χ1v) is 10.1. The van der Waals surface area contributed by atoms with Crippen molar-refractivity contribution in [2.45, 2.75) is 17.9 Å². The summed E-state index contributed by atoms with van der Waals surface area (Å²) in [7, 11) is -4.12. The van der Waals surface area contributed by atoms with Gasteiger partial charge in [-0.25, -0.2) is 12.7 Å². The number of nitro benzene ring substituents is 1. The van der Waals surface area contributed by atoms with Crippen LogP contribution in [0.5, 0.6) is 0 Å². The fourth-order valence-electron chi connectivity index (χ4n) is 3.53. The summed E-state index contributed by atoms with van der Waals surface area (Å²) in [6, 6.07) is 17.2. The van der Waals surface area contributed by atoms with Crippen molar-refractivity contribution in [1.29, 1.82) is 0 Å². The molecule has 0 bridgehead atoms. The van der Waals surface area contributed by atoms with E-state index in [2.05, 4.69) is 0 Å². The average molecular weight is 396 g/mol. The summed E-state index contributed by atoms with van der Waals surface area (Å²) in [5.41, 5.74) is 0.518. The van der Waals surface area contributed by atoms with E-state index >= 15 is 0 Å². The number of carbonyl (C=O) groups excluding carboxylic acids is 1. The van der Waals surface area contributed by atoms with Gasteiger partial charge in [-0.05, 0) is 34.5 Å². The first-order chi connectivity index (χ1) is 13.3. The molecular weight excluding hydrogens is 380 g/mol. The van der Waals surface area contributed by atoms with Crippen LogP contribution in [0.3, 0.4) is 0 Å². The van der Waals surface area contributed by atoms with Gasteiger partial charge < -0.3 is 0 Å². The van der Waals surface area contributed by atoms with Crippen LogP contribution in [-0.4, -0.2) is 23.6 Å². The maximum Gasteiger partial charge on any atom is 0.269 e. The number of amides is 1. The highest BCUT2D eigenvalue weighted by Gasteiger charge is 2.51. The minimum atomic E-state index is -4.12. The fourth-order valence-corrected chi connectivity index (χ4v) is 5.24. The van der Waals surface area contributed by atoms with Crippen LogP contribution < -0.4 is 0 Å². The highest BCUT2D eigenvalue weighted by molar-refractivity contribution is 7.89. The van der Waals surface area contributed by atoms with Gasteiger partial charge in [0.05, 0.1) is 21.8 Å². The average Bonchev–Trinajstić information content (AvgIpc) is 2.70. The lowest BCUT2D eigenvalue weighted by Crippen LogP contribution is -2.56. The van der Waals surface area contributed by atoms with Crippen molar-refractivity contribution in [1.82, 2.24) is 4.31 Å². The summed E-state index contributed by atoms with van der Waals surface area (Å²) in [6.45, 7) is 1.70. The smallest absolute Gasteiger partial charge is 0.269 e. The zero-order valence-corrected chi connectivity index (χ0v) is 15.7. The second kappa shape index (κ2) is 6.42. The number of carbonyl (C=O) groups is 1. The van der Waals surface area contributed by atoms with E-state index in [1.165, 1.54) is 0 Å². The van der Waals surface area contributed by atoms with Crippen LogP contribution in [0.2, 0.25) is 0 Å². The van der Waals surface area contributed by atoms with E-state index in [1.807, 2.05) is 42.5 Å². The normalized spacial score (nSPS) is 19.5. The molecule has 1 saturated heterocycles. The highest BCUT2D eigenvalue weighted by Crippen LogP contribution is 2.44. The largest absolute Gasteiger partial charge is 0.273 e. The highest BCUT2D eigenvalue weighted by atomic mass is 32.2. The maximum absolute atomic E-state index is 13.0. The quantitative estimate of drug-likeness (QED) is 0.381. The van der Waals surface area contributed by atoms with Crippen molar-refractivity contribution in [2.24, 2.45) is 5.92 Å². The lowest BCUT2D eigenvalue weighted by atomic mass is 9.86. The van der Waals surface area contributed by atoms with Crippen LogP contribution >= 0.6 is 0 Å². The molecule has 7 nitrogen and oxygen atoms in total. The molecule has 3 aromatic rings. The molecule has 142 valence electrons.